The first kappa shape index (κ1) is 27.3. The number of amides is 1. The fraction of sp³-hybridized carbons (Fsp3) is 0.367. The predicted octanol–water partition coefficient (Wildman–Crippen LogP) is 5.78. The zero-order valence-electron chi connectivity index (χ0n) is 22.6. The first-order valence-corrected chi connectivity index (χ1v) is 13.4. The molecule has 2 aromatic heterocycles. The number of aromatic amines is 1. The van der Waals surface area contributed by atoms with E-state index in [1.165, 1.54) is 5.56 Å². The number of benzene rings is 2. The van der Waals surface area contributed by atoms with Gasteiger partial charge in [0.2, 0.25) is 0 Å². The molecule has 2 aromatic carbocycles. The number of H-pyrrole nitrogens is 1. The van der Waals surface area contributed by atoms with E-state index in [1.807, 2.05) is 55.6 Å². The Morgan fingerprint density at radius 1 is 0.895 bits per heavy atom. The van der Waals surface area contributed by atoms with Gasteiger partial charge >= 0.3 is 0 Å². The minimum Gasteiger partial charge on any atom is -0.361 e. The third-order valence-corrected chi connectivity index (χ3v) is 6.31. The Morgan fingerprint density at radius 3 is 2.13 bits per heavy atom. The maximum atomic E-state index is 12.9. The first-order chi connectivity index (χ1) is 18.5. The van der Waals surface area contributed by atoms with Crippen LogP contribution in [0.1, 0.15) is 65.5 Å². The minimum atomic E-state index is -0.117. The van der Waals surface area contributed by atoms with Crippen LogP contribution in [-0.2, 0) is 26.2 Å². The van der Waals surface area contributed by atoms with Gasteiger partial charge in [0.1, 0.15) is 11.6 Å². The van der Waals surface area contributed by atoms with Crippen molar-refractivity contribution in [2.75, 3.05) is 18.4 Å². The molecule has 0 saturated heterocycles. The van der Waals surface area contributed by atoms with Crippen molar-refractivity contribution in [3.05, 3.63) is 101 Å². The Morgan fingerprint density at radius 2 is 1.55 bits per heavy atom. The molecule has 0 aliphatic rings. The van der Waals surface area contributed by atoms with Crippen LogP contribution in [0.25, 0.3) is 0 Å². The van der Waals surface area contributed by atoms with Crippen LogP contribution in [0.2, 0.25) is 0 Å². The van der Waals surface area contributed by atoms with E-state index in [2.05, 4.69) is 56.2 Å². The summed E-state index contributed by atoms with van der Waals surface area (Å²) in [6.45, 7) is 11.4. The summed E-state index contributed by atoms with van der Waals surface area (Å²) in [7, 11) is 0. The van der Waals surface area contributed by atoms with E-state index in [0.29, 0.717) is 25.2 Å². The second-order valence-corrected chi connectivity index (χ2v) is 9.73. The van der Waals surface area contributed by atoms with Gasteiger partial charge in [-0.2, -0.15) is 0 Å². The van der Waals surface area contributed by atoms with Gasteiger partial charge in [0.25, 0.3) is 5.91 Å². The van der Waals surface area contributed by atoms with Crippen LogP contribution >= 0.6 is 0 Å². The molecule has 4 rings (SSSR count). The molecule has 0 atom stereocenters. The zero-order chi connectivity index (χ0) is 26.7. The molecule has 38 heavy (non-hydrogen) atoms. The normalized spacial score (nSPS) is 11.4. The summed E-state index contributed by atoms with van der Waals surface area (Å²) in [5, 5.41) is 7.16. The number of aromatic nitrogens is 3. The van der Waals surface area contributed by atoms with Gasteiger partial charge in [-0.3, -0.25) is 14.6 Å². The molecule has 2 heterocycles. The second-order valence-electron chi connectivity index (χ2n) is 9.73. The molecule has 200 valence electrons. The van der Waals surface area contributed by atoms with Crippen molar-refractivity contribution in [3.8, 4) is 0 Å². The van der Waals surface area contributed by atoms with Crippen LogP contribution in [0.5, 0.6) is 0 Å². The van der Waals surface area contributed by atoms with Crippen LogP contribution in [0.3, 0.4) is 0 Å². The van der Waals surface area contributed by atoms with Crippen LogP contribution in [0.15, 0.2) is 71.5 Å². The fourth-order valence-corrected chi connectivity index (χ4v) is 4.56. The molecular formula is C30H38N6O2. The van der Waals surface area contributed by atoms with Crippen LogP contribution in [-0.4, -0.2) is 43.9 Å². The van der Waals surface area contributed by atoms with Crippen molar-refractivity contribution in [1.29, 1.82) is 0 Å². The number of rotatable bonds is 14. The molecular weight excluding hydrogens is 476 g/mol. The van der Waals surface area contributed by atoms with E-state index in [0.717, 1.165) is 61.0 Å². The van der Waals surface area contributed by atoms with Crippen LogP contribution < -0.4 is 5.32 Å². The lowest BCUT2D eigenvalue weighted by Gasteiger charge is -2.21. The Hall–Kier alpha value is -3.75. The van der Waals surface area contributed by atoms with Crippen molar-refractivity contribution in [3.63, 3.8) is 0 Å². The van der Waals surface area contributed by atoms with E-state index >= 15 is 0 Å². The Bertz CT molecular complexity index is 1240. The first-order valence-electron chi connectivity index (χ1n) is 13.4. The lowest BCUT2D eigenvalue weighted by molar-refractivity contribution is 0.102. The summed E-state index contributed by atoms with van der Waals surface area (Å²) in [5.74, 6) is 1.56. The Balaban J connectivity index is 1.35. The molecule has 4 aromatic rings. The average Bonchev–Trinajstić information content (AvgIpc) is 3.57. The predicted molar refractivity (Wildman–Crippen MR) is 149 cm³/mol. The summed E-state index contributed by atoms with van der Waals surface area (Å²) in [6, 6.07) is 17.8. The molecule has 0 unspecified atom stereocenters. The average molecular weight is 515 g/mol. The van der Waals surface area contributed by atoms with Gasteiger partial charge in [0, 0.05) is 49.3 Å². The highest BCUT2D eigenvalue weighted by Crippen LogP contribution is 2.16. The number of hydrogen-bond acceptors (Lipinski definition) is 6. The molecule has 1 amide bonds. The van der Waals surface area contributed by atoms with Crippen LogP contribution in [0, 0.1) is 6.92 Å². The molecule has 0 bridgehead atoms. The number of hydrogen-bond donors (Lipinski definition) is 2. The summed E-state index contributed by atoms with van der Waals surface area (Å²) in [4.78, 5) is 25.1. The highest BCUT2D eigenvalue weighted by atomic mass is 16.5. The monoisotopic (exact) mass is 514 g/mol. The van der Waals surface area contributed by atoms with Crippen molar-refractivity contribution in [2.45, 2.75) is 59.8 Å². The van der Waals surface area contributed by atoms with E-state index in [9.17, 15) is 4.79 Å². The maximum Gasteiger partial charge on any atom is 0.255 e. The maximum absolute atomic E-state index is 12.9. The van der Waals surface area contributed by atoms with Gasteiger partial charge in [-0.25, -0.2) is 4.98 Å². The molecule has 0 aliphatic heterocycles. The molecule has 8 heteroatoms. The Labute approximate surface area is 225 Å². The molecule has 0 saturated carbocycles. The quantitative estimate of drug-likeness (QED) is 0.222. The molecule has 0 fully saturated rings. The smallest absolute Gasteiger partial charge is 0.255 e. The number of carbonyl (C=O) groups excluding carboxylic acids is 1. The lowest BCUT2D eigenvalue weighted by atomic mass is 10.1. The summed E-state index contributed by atoms with van der Waals surface area (Å²) < 4.78 is 5.24. The van der Waals surface area contributed by atoms with Gasteiger partial charge in [-0.05, 0) is 68.2 Å². The molecule has 2 N–H and O–H groups in total. The standard InChI is InChI=1S/C30H38N6O2/c1-4-16-35(17-5-2)19-25-8-12-27(13-9-25)33-30(37)26-10-6-24(7-11-26)20-36(22-29-31-14-15-32-29)21-28-18-23(3)38-34-28/h6-15,18H,4-5,16-17,19-22H2,1-3H3,(H,31,32)(H,33,37). The number of aryl methyl sites for hydroxylation is 1. The number of nitrogens with zero attached hydrogens (tertiary/aromatic N) is 4. The molecule has 8 nitrogen and oxygen atoms in total. The van der Waals surface area contributed by atoms with Crippen LogP contribution in [0.4, 0.5) is 5.69 Å². The number of imidazole rings is 1. The highest BCUT2D eigenvalue weighted by Gasteiger charge is 2.13. The third kappa shape index (κ3) is 8.13. The van der Waals surface area contributed by atoms with Gasteiger partial charge in [-0.15, -0.1) is 0 Å². The van der Waals surface area contributed by atoms with Crippen molar-refractivity contribution < 1.29 is 9.32 Å². The SMILES string of the molecule is CCCN(CCC)Cc1ccc(NC(=O)c2ccc(CN(Cc3cc(C)on3)Cc3ncc[nH]3)cc2)cc1. The van der Waals surface area contributed by atoms with Gasteiger partial charge in [-0.1, -0.05) is 43.3 Å². The van der Waals surface area contributed by atoms with Crippen molar-refractivity contribution in [1.82, 2.24) is 24.9 Å². The largest absolute Gasteiger partial charge is 0.361 e. The summed E-state index contributed by atoms with van der Waals surface area (Å²) >= 11 is 0. The Kier molecular flexibility index (Phi) is 9.84. The minimum absolute atomic E-state index is 0.117. The van der Waals surface area contributed by atoms with E-state index in [1.54, 1.807) is 6.20 Å². The zero-order valence-corrected chi connectivity index (χ0v) is 22.6. The molecule has 0 radical (unpaired) electrons. The summed E-state index contributed by atoms with van der Waals surface area (Å²) in [6.07, 6.45) is 5.87. The van der Waals surface area contributed by atoms with E-state index in [4.69, 9.17) is 4.52 Å². The molecule has 0 spiro atoms. The lowest BCUT2D eigenvalue weighted by Crippen LogP contribution is -2.24. The topological polar surface area (TPSA) is 90.3 Å². The number of carbonyl (C=O) groups is 1. The fourth-order valence-electron chi connectivity index (χ4n) is 4.56. The number of nitrogens with one attached hydrogen (secondary N) is 2. The van der Waals surface area contributed by atoms with Gasteiger partial charge in [0.05, 0.1) is 12.2 Å². The van der Waals surface area contributed by atoms with E-state index in [-0.39, 0.29) is 5.91 Å². The van der Waals surface area contributed by atoms with Gasteiger partial charge < -0.3 is 14.8 Å². The second kappa shape index (κ2) is 13.7. The molecule has 0 aliphatic carbocycles. The van der Waals surface area contributed by atoms with Crippen molar-refractivity contribution in [2.24, 2.45) is 0 Å². The highest BCUT2D eigenvalue weighted by molar-refractivity contribution is 6.04. The third-order valence-electron chi connectivity index (χ3n) is 6.31. The van der Waals surface area contributed by atoms with Gasteiger partial charge in [0.15, 0.2) is 0 Å². The number of anilines is 1. The summed E-state index contributed by atoms with van der Waals surface area (Å²) in [5.41, 5.74) is 4.66. The van der Waals surface area contributed by atoms with Crippen molar-refractivity contribution >= 4 is 11.6 Å². The van der Waals surface area contributed by atoms with E-state index < -0.39 is 0 Å².